The molecular weight excluding hydrogens is 413 g/mol. The maximum absolute atomic E-state index is 13.2. The topological polar surface area (TPSA) is 54.3 Å². The normalized spacial score (nSPS) is 14.4. The van der Waals surface area contributed by atoms with Crippen molar-refractivity contribution in [2.45, 2.75) is 13.5 Å². The summed E-state index contributed by atoms with van der Waals surface area (Å²) < 4.78 is 15.1. The zero-order valence-electron chi connectivity index (χ0n) is 17.2. The first-order valence-corrected chi connectivity index (χ1v) is 11.1. The smallest absolute Gasteiger partial charge is 0.264 e. The summed E-state index contributed by atoms with van der Waals surface area (Å²) in [6, 6.07) is 12.4. The van der Waals surface area contributed by atoms with Gasteiger partial charge in [0.2, 0.25) is 0 Å². The molecule has 0 N–H and O–H groups in total. The van der Waals surface area contributed by atoms with Crippen molar-refractivity contribution >= 4 is 33.1 Å². The second-order valence-corrected chi connectivity index (χ2v) is 8.71. The van der Waals surface area contributed by atoms with Gasteiger partial charge in [0.25, 0.3) is 5.91 Å². The molecule has 0 unspecified atom stereocenters. The lowest BCUT2D eigenvalue weighted by Gasteiger charge is -2.35. The standard InChI is InChI=1S/C23H22FN5OS/c1-16-20-14-21(31-23(20)29(26-16)15-17-2-4-18(24)5-3-17)22(30)28-12-10-27(11-13-28)19-6-8-25-9-7-19/h2-9,14H,10-13,15H2,1H3. The molecule has 0 aliphatic carbocycles. The minimum Gasteiger partial charge on any atom is -0.368 e. The Morgan fingerprint density at radius 1 is 1.06 bits per heavy atom. The number of pyridine rings is 1. The lowest BCUT2D eigenvalue weighted by atomic mass is 10.2. The van der Waals surface area contributed by atoms with Gasteiger partial charge in [-0.3, -0.25) is 14.5 Å². The highest BCUT2D eigenvalue weighted by atomic mass is 32.1. The summed E-state index contributed by atoms with van der Waals surface area (Å²) in [5.41, 5.74) is 3.01. The first-order chi connectivity index (χ1) is 15.1. The number of rotatable bonds is 4. The van der Waals surface area contributed by atoms with Crippen molar-refractivity contribution in [3.05, 3.63) is 76.8 Å². The van der Waals surface area contributed by atoms with E-state index in [0.717, 1.165) is 45.1 Å². The highest BCUT2D eigenvalue weighted by Gasteiger charge is 2.25. The molecule has 4 aromatic rings. The van der Waals surface area contributed by atoms with Crippen LogP contribution in [0.1, 0.15) is 20.9 Å². The van der Waals surface area contributed by atoms with Crippen molar-refractivity contribution < 1.29 is 9.18 Å². The summed E-state index contributed by atoms with van der Waals surface area (Å²) in [5, 5.41) is 5.63. The Morgan fingerprint density at radius 2 is 1.77 bits per heavy atom. The molecule has 1 aliphatic heterocycles. The Bertz CT molecular complexity index is 1210. The minimum atomic E-state index is -0.251. The summed E-state index contributed by atoms with van der Waals surface area (Å²) in [7, 11) is 0. The van der Waals surface area contributed by atoms with E-state index < -0.39 is 0 Å². The lowest BCUT2D eigenvalue weighted by Crippen LogP contribution is -2.48. The fraction of sp³-hybridized carbons (Fsp3) is 0.261. The molecule has 31 heavy (non-hydrogen) atoms. The summed E-state index contributed by atoms with van der Waals surface area (Å²) >= 11 is 1.48. The summed E-state index contributed by atoms with van der Waals surface area (Å²) in [5.74, 6) is -0.179. The summed E-state index contributed by atoms with van der Waals surface area (Å²) in [4.78, 5) is 23.1. The molecular formula is C23H22FN5OS. The predicted octanol–water partition coefficient (Wildman–Crippen LogP) is 3.95. The molecule has 4 heterocycles. The Morgan fingerprint density at radius 3 is 2.48 bits per heavy atom. The monoisotopic (exact) mass is 435 g/mol. The van der Waals surface area contributed by atoms with Crippen molar-refractivity contribution in [2.24, 2.45) is 0 Å². The highest BCUT2D eigenvalue weighted by molar-refractivity contribution is 7.20. The lowest BCUT2D eigenvalue weighted by molar-refractivity contribution is 0.0751. The van der Waals surface area contributed by atoms with Gasteiger partial charge in [-0.05, 0) is 42.8 Å². The number of piperazine rings is 1. The molecule has 158 valence electrons. The Balaban J connectivity index is 1.32. The average Bonchev–Trinajstić information content (AvgIpc) is 3.37. The average molecular weight is 436 g/mol. The number of anilines is 1. The van der Waals surface area contributed by atoms with E-state index in [4.69, 9.17) is 0 Å². The highest BCUT2D eigenvalue weighted by Crippen LogP contribution is 2.30. The number of hydrogen-bond acceptors (Lipinski definition) is 5. The Hall–Kier alpha value is -3.26. The van der Waals surface area contributed by atoms with Crippen LogP contribution in [0.5, 0.6) is 0 Å². The van der Waals surface area contributed by atoms with E-state index in [2.05, 4.69) is 15.0 Å². The van der Waals surface area contributed by atoms with Gasteiger partial charge in [-0.15, -0.1) is 11.3 Å². The van der Waals surface area contributed by atoms with E-state index in [1.54, 1.807) is 24.5 Å². The quantitative estimate of drug-likeness (QED) is 0.487. The van der Waals surface area contributed by atoms with Crippen LogP contribution in [0.2, 0.25) is 0 Å². The Kier molecular flexibility index (Phi) is 5.15. The molecule has 1 fully saturated rings. The van der Waals surface area contributed by atoms with Crippen LogP contribution in [0.4, 0.5) is 10.1 Å². The molecule has 1 aromatic carbocycles. The van der Waals surface area contributed by atoms with E-state index >= 15 is 0 Å². The molecule has 8 heteroatoms. The molecule has 0 spiro atoms. The maximum Gasteiger partial charge on any atom is 0.264 e. The van der Waals surface area contributed by atoms with Crippen LogP contribution in [0, 0.1) is 12.7 Å². The van der Waals surface area contributed by atoms with Gasteiger partial charge in [-0.2, -0.15) is 5.10 Å². The number of halogens is 1. The number of carbonyl (C=O) groups is 1. The number of aromatic nitrogens is 3. The number of amides is 1. The summed E-state index contributed by atoms with van der Waals surface area (Å²) in [6.07, 6.45) is 3.59. The number of aryl methyl sites for hydroxylation is 1. The number of nitrogens with zero attached hydrogens (tertiary/aromatic N) is 5. The maximum atomic E-state index is 13.2. The largest absolute Gasteiger partial charge is 0.368 e. The first-order valence-electron chi connectivity index (χ1n) is 10.2. The van der Waals surface area contributed by atoms with Crippen molar-refractivity contribution in [2.75, 3.05) is 31.1 Å². The second kappa shape index (κ2) is 8.11. The van der Waals surface area contributed by atoms with Crippen molar-refractivity contribution in [1.82, 2.24) is 19.7 Å². The van der Waals surface area contributed by atoms with E-state index in [1.807, 2.05) is 34.7 Å². The molecule has 0 radical (unpaired) electrons. The molecule has 5 rings (SSSR count). The van der Waals surface area contributed by atoms with Crippen molar-refractivity contribution in [1.29, 1.82) is 0 Å². The fourth-order valence-electron chi connectivity index (χ4n) is 3.97. The molecule has 1 saturated heterocycles. The predicted molar refractivity (Wildman–Crippen MR) is 120 cm³/mol. The van der Waals surface area contributed by atoms with Gasteiger partial charge in [-0.1, -0.05) is 12.1 Å². The third-order valence-corrected chi connectivity index (χ3v) is 6.79. The van der Waals surface area contributed by atoms with Crippen LogP contribution in [0.25, 0.3) is 10.2 Å². The van der Waals surface area contributed by atoms with Gasteiger partial charge < -0.3 is 9.80 Å². The summed E-state index contributed by atoms with van der Waals surface area (Å²) in [6.45, 7) is 5.49. The fourth-order valence-corrected chi connectivity index (χ4v) is 5.10. The zero-order chi connectivity index (χ0) is 21.4. The van der Waals surface area contributed by atoms with Crippen LogP contribution >= 0.6 is 11.3 Å². The SMILES string of the molecule is Cc1nn(Cc2ccc(F)cc2)c2sc(C(=O)N3CCN(c4ccncc4)CC3)cc12. The van der Waals surface area contributed by atoms with Crippen LogP contribution in [-0.4, -0.2) is 51.8 Å². The van der Waals surface area contributed by atoms with E-state index in [0.29, 0.717) is 19.6 Å². The van der Waals surface area contributed by atoms with E-state index in [9.17, 15) is 9.18 Å². The molecule has 1 amide bonds. The molecule has 0 bridgehead atoms. The van der Waals surface area contributed by atoms with Crippen LogP contribution < -0.4 is 4.90 Å². The second-order valence-electron chi connectivity index (χ2n) is 7.68. The molecule has 6 nitrogen and oxygen atoms in total. The van der Waals surface area contributed by atoms with Crippen LogP contribution in [0.15, 0.2) is 54.9 Å². The molecule has 3 aromatic heterocycles. The number of carbonyl (C=O) groups excluding carboxylic acids is 1. The third-order valence-electron chi connectivity index (χ3n) is 5.66. The molecule has 0 atom stereocenters. The van der Waals surface area contributed by atoms with Gasteiger partial charge in [0.15, 0.2) is 0 Å². The number of hydrogen-bond donors (Lipinski definition) is 0. The number of benzene rings is 1. The van der Waals surface area contributed by atoms with Gasteiger partial charge in [0, 0.05) is 49.6 Å². The Labute approximate surface area is 183 Å². The number of thiophene rings is 1. The molecule has 0 saturated carbocycles. The first kappa shape index (κ1) is 19.7. The van der Waals surface area contributed by atoms with E-state index in [1.165, 1.54) is 23.5 Å². The van der Waals surface area contributed by atoms with Gasteiger partial charge >= 0.3 is 0 Å². The van der Waals surface area contributed by atoms with E-state index in [-0.39, 0.29) is 11.7 Å². The van der Waals surface area contributed by atoms with Crippen molar-refractivity contribution in [3.63, 3.8) is 0 Å². The van der Waals surface area contributed by atoms with Gasteiger partial charge in [0.05, 0.1) is 17.1 Å². The van der Waals surface area contributed by atoms with Crippen LogP contribution in [-0.2, 0) is 6.54 Å². The van der Waals surface area contributed by atoms with Crippen molar-refractivity contribution in [3.8, 4) is 0 Å². The zero-order valence-corrected chi connectivity index (χ0v) is 18.0. The van der Waals surface area contributed by atoms with Gasteiger partial charge in [0.1, 0.15) is 10.6 Å². The molecule has 1 aliphatic rings. The van der Waals surface area contributed by atoms with Crippen LogP contribution in [0.3, 0.4) is 0 Å². The third kappa shape index (κ3) is 3.90. The van der Waals surface area contributed by atoms with Gasteiger partial charge in [-0.25, -0.2) is 4.39 Å². The minimum absolute atomic E-state index is 0.0725. The number of fused-ring (bicyclic) bond motifs is 1.